The molecule has 29 heavy (non-hydrogen) atoms. The summed E-state index contributed by atoms with van der Waals surface area (Å²) in [7, 11) is 3.14. The molecule has 0 aromatic heterocycles. The van der Waals surface area contributed by atoms with Crippen LogP contribution in [0.2, 0.25) is 0 Å². The van der Waals surface area contributed by atoms with Crippen molar-refractivity contribution in [2.75, 3.05) is 32.6 Å². The lowest BCUT2D eigenvalue weighted by atomic mass is 9.95. The van der Waals surface area contributed by atoms with E-state index in [4.69, 9.17) is 9.47 Å². The first-order chi connectivity index (χ1) is 14.1. The third-order valence-electron chi connectivity index (χ3n) is 5.34. The second-order valence-corrected chi connectivity index (χ2v) is 7.20. The largest absolute Gasteiger partial charge is 0.493 e. The second-order valence-electron chi connectivity index (χ2n) is 7.20. The molecule has 1 aliphatic heterocycles. The van der Waals surface area contributed by atoms with E-state index in [1.165, 1.54) is 5.56 Å². The maximum Gasteiger partial charge on any atom is 0.227 e. The van der Waals surface area contributed by atoms with Gasteiger partial charge in [0.15, 0.2) is 11.5 Å². The number of nitrogens with one attached hydrogen (secondary N) is 1. The van der Waals surface area contributed by atoms with E-state index in [1.807, 2.05) is 35.2 Å². The van der Waals surface area contributed by atoms with Gasteiger partial charge in [0.25, 0.3) is 0 Å². The number of piperidine rings is 1. The molecular weight excluding hydrogens is 368 g/mol. The van der Waals surface area contributed by atoms with Crippen molar-refractivity contribution in [3.8, 4) is 11.5 Å². The van der Waals surface area contributed by atoms with E-state index in [9.17, 15) is 9.59 Å². The summed E-state index contributed by atoms with van der Waals surface area (Å²) in [5.41, 5.74) is 1.85. The van der Waals surface area contributed by atoms with Gasteiger partial charge in [0.05, 0.1) is 14.2 Å². The molecule has 0 aliphatic carbocycles. The minimum atomic E-state index is -0.0960. The van der Waals surface area contributed by atoms with E-state index in [0.29, 0.717) is 49.5 Å². The zero-order valence-corrected chi connectivity index (χ0v) is 17.0. The summed E-state index contributed by atoms with van der Waals surface area (Å²) in [6.45, 7) is 1.25. The summed E-state index contributed by atoms with van der Waals surface area (Å²) >= 11 is 0. The van der Waals surface area contributed by atoms with Crippen molar-refractivity contribution in [1.82, 2.24) is 4.90 Å². The summed E-state index contributed by atoms with van der Waals surface area (Å²) in [5, 5.41) is 2.95. The van der Waals surface area contributed by atoms with Gasteiger partial charge in [-0.25, -0.2) is 0 Å². The van der Waals surface area contributed by atoms with Gasteiger partial charge in [-0.1, -0.05) is 30.3 Å². The highest BCUT2D eigenvalue weighted by atomic mass is 16.5. The monoisotopic (exact) mass is 396 g/mol. The fourth-order valence-corrected chi connectivity index (χ4v) is 3.60. The van der Waals surface area contributed by atoms with Crippen LogP contribution >= 0.6 is 0 Å². The van der Waals surface area contributed by atoms with Gasteiger partial charge in [0.1, 0.15) is 0 Å². The Morgan fingerprint density at radius 1 is 1.00 bits per heavy atom. The molecule has 6 heteroatoms. The number of amides is 2. The van der Waals surface area contributed by atoms with Crippen LogP contribution in [0.25, 0.3) is 0 Å². The van der Waals surface area contributed by atoms with Crippen LogP contribution in [0, 0.1) is 5.92 Å². The predicted molar refractivity (Wildman–Crippen MR) is 112 cm³/mol. The van der Waals surface area contributed by atoms with Crippen LogP contribution < -0.4 is 14.8 Å². The van der Waals surface area contributed by atoms with Crippen LogP contribution in [0.1, 0.15) is 24.8 Å². The first-order valence-electron chi connectivity index (χ1n) is 9.95. The molecule has 154 valence electrons. The van der Waals surface area contributed by atoms with Crippen molar-refractivity contribution in [2.24, 2.45) is 5.92 Å². The van der Waals surface area contributed by atoms with Crippen LogP contribution in [0.15, 0.2) is 48.5 Å². The Labute approximate surface area is 171 Å². The standard InChI is InChI=1S/C23H28N2O4/c1-28-20-10-9-19(16-21(20)29-2)24-23(27)18-12-14-25(15-13-18)22(26)11-8-17-6-4-3-5-7-17/h3-7,9-10,16,18H,8,11-15H2,1-2H3,(H,24,27). The topological polar surface area (TPSA) is 67.9 Å². The Morgan fingerprint density at radius 3 is 2.34 bits per heavy atom. The highest BCUT2D eigenvalue weighted by Crippen LogP contribution is 2.30. The number of methoxy groups -OCH3 is 2. The Bertz CT molecular complexity index is 830. The third kappa shape index (κ3) is 5.50. The number of nitrogens with zero attached hydrogens (tertiary/aromatic N) is 1. The number of rotatable bonds is 7. The van der Waals surface area contributed by atoms with Gasteiger partial charge in [0, 0.05) is 37.2 Å². The van der Waals surface area contributed by atoms with Crippen molar-refractivity contribution in [1.29, 1.82) is 0 Å². The number of hydrogen-bond acceptors (Lipinski definition) is 4. The van der Waals surface area contributed by atoms with Gasteiger partial charge >= 0.3 is 0 Å². The van der Waals surface area contributed by atoms with E-state index < -0.39 is 0 Å². The van der Waals surface area contributed by atoms with E-state index >= 15 is 0 Å². The lowest BCUT2D eigenvalue weighted by molar-refractivity contribution is -0.134. The fraction of sp³-hybridized carbons (Fsp3) is 0.391. The Morgan fingerprint density at radius 2 is 1.69 bits per heavy atom. The van der Waals surface area contributed by atoms with Crippen molar-refractivity contribution >= 4 is 17.5 Å². The molecule has 1 N–H and O–H groups in total. The molecule has 0 radical (unpaired) electrons. The van der Waals surface area contributed by atoms with Crippen molar-refractivity contribution in [3.05, 3.63) is 54.1 Å². The average Bonchev–Trinajstić information content (AvgIpc) is 2.78. The summed E-state index contributed by atoms with van der Waals surface area (Å²) < 4.78 is 10.5. The molecule has 0 atom stereocenters. The minimum absolute atomic E-state index is 0.0198. The van der Waals surface area contributed by atoms with Gasteiger partial charge in [0.2, 0.25) is 11.8 Å². The molecular formula is C23H28N2O4. The highest BCUT2D eigenvalue weighted by molar-refractivity contribution is 5.93. The number of ether oxygens (including phenoxy) is 2. The van der Waals surface area contributed by atoms with Crippen LogP contribution in [-0.4, -0.2) is 44.0 Å². The first-order valence-corrected chi connectivity index (χ1v) is 9.95. The molecule has 3 rings (SSSR count). The molecule has 1 heterocycles. The SMILES string of the molecule is COc1ccc(NC(=O)C2CCN(C(=O)CCc3ccccc3)CC2)cc1OC. The number of aryl methyl sites for hydroxylation is 1. The fourth-order valence-electron chi connectivity index (χ4n) is 3.60. The quantitative estimate of drug-likeness (QED) is 0.778. The van der Waals surface area contributed by atoms with Gasteiger partial charge in [-0.05, 0) is 37.0 Å². The predicted octanol–water partition coefficient (Wildman–Crippen LogP) is 3.51. The zero-order chi connectivity index (χ0) is 20.6. The van der Waals surface area contributed by atoms with Crippen molar-refractivity contribution in [2.45, 2.75) is 25.7 Å². The summed E-state index contributed by atoms with van der Waals surface area (Å²) in [6, 6.07) is 15.3. The Kier molecular flexibility index (Phi) is 7.11. The van der Waals surface area contributed by atoms with Crippen LogP contribution in [0.3, 0.4) is 0 Å². The van der Waals surface area contributed by atoms with Crippen LogP contribution in [-0.2, 0) is 16.0 Å². The molecule has 1 fully saturated rings. The molecule has 0 bridgehead atoms. The van der Waals surface area contributed by atoms with Gasteiger partial charge < -0.3 is 19.7 Å². The normalized spacial score (nSPS) is 14.3. The number of carbonyl (C=O) groups excluding carboxylic acids is 2. The molecule has 0 spiro atoms. The van der Waals surface area contributed by atoms with Gasteiger partial charge in [-0.3, -0.25) is 9.59 Å². The van der Waals surface area contributed by atoms with Gasteiger partial charge in [-0.15, -0.1) is 0 Å². The molecule has 2 amide bonds. The van der Waals surface area contributed by atoms with E-state index in [0.717, 1.165) is 6.42 Å². The summed E-state index contributed by atoms with van der Waals surface area (Å²) in [5.74, 6) is 1.24. The Balaban J connectivity index is 1.47. The number of benzene rings is 2. The van der Waals surface area contributed by atoms with E-state index in [2.05, 4.69) is 5.32 Å². The number of anilines is 1. The smallest absolute Gasteiger partial charge is 0.227 e. The number of likely N-dealkylation sites (tertiary alicyclic amines) is 1. The molecule has 0 saturated carbocycles. The minimum Gasteiger partial charge on any atom is -0.493 e. The zero-order valence-electron chi connectivity index (χ0n) is 17.0. The Hall–Kier alpha value is -3.02. The third-order valence-corrected chi connectivity index (χ3v) is 5.34. The van der Waals surface area contributed by atoms with E-state index in [1.54, 1.807) is 32.4 Å². The number of carbonyl (C=O) groups is 2. The van der Waals surface area contributed by atoms with Crippen molar-refractivity contribution < 1.29 is 19.1 Å². The summed E-state index contributed by atoms with van der Waals surface area (Å²) in [4.78, 5) is 27.0. The molecule has 2 aromatic carbocycles. The average molecular weight is 396 g/mol. The van der Waals surface area contributed by atoms with Gasteiger partial charge in [-0.2, -0.15) is 0 Å². The van der Waals surface area contributed by atoms with Crippen LogP contribution in [0.4, 0.5) is 5.69 Å². The molecule has 1 aliphatic rings. The van der Waals surface area contributed by atoms with Crippen molar-refractivity contribution in [3.63, 3.8) is 0 Å². The lowest BCUT2D eigenvalue weighted by Gasteiger charge is -2.31. The second kappa shape index (κ2) is 9.96. The molecule has 6 nitrogen and oxygen atoms in total. The van der Waals surface area contributed by atoms with Crippen LogP contribution in [0.5, 0.6) is 11.5 Å². The highest BCUT2D eigenvalue weighted by Gasteiger charge is 2.27. The first kappa shape index (κ1) is 20.7. The van der Waals surface area contributed by atoms with E-state index in [-0.39, 0.29) is 17.7 Å². The lowest BCUT2D eigenvalue weighted by Crippen LogP contribution is -2.41. The molecule has 0 unspecified atom stereocenters. The summed E-state index contributed by atoms with van der Waals surface area (Å²) in [6.07, 6.45) is 2.61. The maximum absolute atomic E-state index is 12.6. The molecule has 1 saturated heterocycles. The molecule has 2 aromatic rings. The maximum atomic E-state index is 12.6. The number of hydrogen-bond donors (Lipinski definition) is 1.